The van der Waals surface area contributed by atoms with Crippen molar-refractivity contribution in [2.24, 2.45) is 0 Å². The lowest BCUT2D eigenvalue weighted by Gasteiger charge is -2.06. The van der Waals surface area contributed by atoms with Crippen LogP contribution in [0.1, 0.15) is 18.9 Å². The number of nitrogens with zero attached hydrogens (tertiary/aromatic N) is 1. The second-order valence-corrected chi connectivity index (χ2v) is 3.41. The first-order chi connectivity index (χ1) is 8.17. The van der Waals surface area contributed by atoms with Crippen molar-refractivity contribution in [3.8, 4) is 6.07 Å². The van der Waals surface area contributed by atoms with Crippen LogP contribution in [0, 0.1) is 17.1 Å². The molecular weight excluding hydrogens is 223 g/mol. The van der Waals surface area contributed by atoms with E-state index in [2.05, 4.69) is 5.32 Å². The third-order valence-corrected chi connectivity index (χ3v) is 1.95. The van der Waals surface area contributed by atoms with Crippen molar-refractivity contribution < 1.29 is 13.9 Å². The molecule has 0 radical (unpaired) electrons. The zero-order chi connectivity index (χ0) is 12.7. The van der Waals surface area contributed by atoms with Crippen molar-refractivity contribution in [2.75, 3.05) is 18.5 Å². The summed E-state index contributed by atoms with van der Waals surface area (Å²) in [4.78, 5) is 11.3. The zero-order valence-electron chi connectivity index (χ0n) is 9.50. The maximum atomic E-state index is 13.4. The van der Waals surface area contributed by atoms with Gasteiger partial charge in [-0.3, -0.25) is 4.79 Å². The molecule has 0 spiro atoms. The second-order valence-electron chi connectivity index (χ2n) is 3.41. The number of rotatable bonds is 5. The molecule has 17 heavy (non-hydrogen) atoms. The van der Waals surface area contributed by atoms with E-state index in [1.807, 2.05) is 13.0 Å². The number of benzene rings is 1. The Kier molecular flexibility index (Phi) is 5.11. The highest BCUT2D eigenvalue weighted by Gasteiger charge is 2.07. The van der Waals surface area contributed by atoms with Crippen molar-refractivity contribution in [1.29, 1.82) is 5.26 Å². The number of nitrogens with one attached hydrogen (secondary N) is 1. The van der Waals surface area contributed by atoms with Gasteiger partial charge in [0.2, 0.25) is 5.91 Å². The van der Waals surface area contributed by atoms with Gasteiger partial charge in [-0.05, 0) is 24.6 Å². The predicted octanol–water partition coefficient (Wildman–Crippen LogP) is 2.06. The Balaban J connectivity index is 2.57. The third-order valence-electron chi connectivity index (χ3n) is 1.95. The van der Waals surface area contributed by atoms with Crippen molar-refractivity contribution in [3.63, 3.8) is 0 Å². The van der Waals surface area contributed by atoms with Crippen LogP contribution in [0.2, 0.25) is 0 Å². The first-order valence-corrected chi connectivity index (χ1v) is 5.24. The molecule has 0 unspecified atom stereocenters. The second kappa shape index (κ2) is 6.61. The van der Waals surface area contributed by atoms with Crippen molar-refractivity contribution >= 4 is 11.6 Å². The summed E-state index contributed by atoms with van der Waals surface area (Å²) in [6.45, 7) is 2.31. The molecule has 1 amide bonds. The van der Waals surface area contributed by atoms with E-state index in [1.165, 1.54) is 12.1 Å². The molecule has 0 aromatic heterocycles. The molecule has 0 atom stereocenters. The van der Waals surface area contributed by atoms with Gasteiger partial charge < -0.3 is 10.1 Å². The average molecular weight is 236 g/mol. The van der Waals surface area contributed by atoms with Gasteiger partial charge in [-0.15, -0.1) is 0 Å². The Morgan fingerprint density at radius 3 is 2.94 bits per heavy atom. The number of carbonyl (C=O) groups is 1. The van der Waals surface area contributed by atoms with Crippen LogP contribution >= 0.6 is 0 Å². The summed E-state index contributed by atoms with van der Waals surface area (Å²) in [5.74, 6) is -1.05. The minimum Gasteiger partial charge on any atom is -0.372 e. The Hall–Kier alpha value is -1.93. The summed E-state index contributed by atoms with van der Waals surface area (Å²) in [7, 11) is 0. The van der Waals surface area contributed by atoms with Gasteiger partial charge in [-0.1, -0.05) is 6.92 Å². The zero-order valence-corrected chi connectivity index (χ0v) is 9.50. The topological polar surface area (TPSA) is 62.1 Å². The first-order valence-electron chi connectivity index (χ1n) is 5.24. The molecule has 0 aliphatic rings. The van der Waals surface area contributed by atoms with Gasteiger partial charge >= 0.3 is 0 Å². The SMILES string of the molecule is CCCOCC(=O)Nc1ccc(C#N)cc1F. The molecule has 0 aliphatic carbocycles. The molecule has 0 bridgehead atoms. The number of nitriles is 1. The smallest absolute Gasteiger partial charge is 0.250 e. The van der Waals surface area contributed by atoms with Crippen LogP contribution in [-0.4, -0.2) is 19.1 Å². The monoisotopic (exact) mass is 236 g/mol. The highest BCUT2D eigenvalue weighted by atomic mass is 19.1. The Morgan fingerprint density at radius 1 is 1.59 bits per heavy atom. The van der Waals surface area contributed by atoms with E-state index in [4.69, 9.17) is 10.00 Å². The van der Waals surface area contributed by atoms with Gasteiger partial charge in [0.05, 0.1) is 17.3 Å². The molecule has 1 aromatic rings. The van der Waals surface area contributed by atoms with Gasteiger partial charge in [0.1, 0.15) is 12.4 Å². The molecule has 0 saturated carbocycles. The van der Waals surface area contributed by atoms with Gasteiger partial charge in [0.25, 0.3) is 0 Å². The van der Waals surface area contributed by atoms with Crippen LogP contribution in [0.15, 0.2) is 18.2 Å². The lowest BCUT2D eigenvalue weighted by molar-refractivity contribution is -0.120. The summed E-state index contributed by atoms with van der Waals surface area (Å²) in [5, 5.41) is 10.9. The highest BCUT2D eigenvalue weighted by molar-refractivity contribution is 5.91. The van der Waals surface area contributed by atoms with Crippen LogP contribution in [0.25, 0.3) is 0 Å². The minimum absolute atomic E-state index is 0.0501. The van der Waals surface area contributed by atoms with E-state index in [1.54, 1.807) is 0 Å². The molecule has 5 heteroatoms. The number of hydrogen-bond donors (Lipinski definition) is 1. The van der Waals surface area contributed by atoms with Crippen LogP contribution in [0.4, 0.5) is 10.1 Å². The van der Waals surface area contributed by atoms with Crippen molar-refractivity contribution in [1.82, 2.24) is 0 Å². The standard InChI is InChI=1S/C12H13FN2O2/c1-2-5-17-8-12(16)15-11-4-3-9(7-14)6-10(11)13/h3-4,6H,2,5,8H2,1H3,(H,15,16). The molecule has 1 N–H and O–H groups in total. The summed E-state index contributed by atoms with van der Waals surface area (Å²) in [6, 6.07) is 5.67. The molecule has 90 valence electrons. The number of amides is 1. The lowest BCUT2D eigenvalue weighted by Crippen LogP contribution is -2.19. The molecule has 0 heterocycles. The summed E-state index contributed by atoms with van der Waals surface area (Å²) in [5.41, 5.74) is 0.261. The Labute approximate surface area is 99.0 Å². The van der Waals surface area contributed by atoms with Crippen molar-refractivity contribution in [3.05, 3.63) is 29.6 Å². The normalized spacial score (nSPS) is 9.71. The van der Waals surface area contributed by atoms with Gasteiger partial charge in [0, 0.05) is 6.61 Å². The maximum absolute atomic E-state index is 13.4. The van der Waals surface area contributed by atoms with E-state index in [9.17, 15) is 9.18 Å². The van der Waals surface area contributed by atoms with Crippen LogP contribution in [0.5, 0.6) is 0 Å². The molecule has 0 aliphatic heterocycles. The fourth-order valence-electron chi connectivity index (χ4n) is 1.18. The largest absolute Gasteiger partial charge is 0.372 e. The molecule has 0 saturated heterocycles. The number of halogens is 1. The lowest BCUT2D eigenvalue weighted by atomic mass is 10.2. The number of carbonyl (C=O) groups excluding carboxylic acids is 1. The molecule has 0 fully saturated rings. The van der Waals surface area contributed by atoms with Crippen molar-refractivity contribution in [2.45, 2.75) is 13.3 Å². The fraction of sp³-hybridized carbons (Fsp3) is 0.333. The van der Waals surface area contributed by atoms with E-state index in [0.29, 0.717) is 6.61 Å². The summed E-state index contributed by atoms with van der Waals surface area (Å²) < 4.78 is 18.4. The van der Waals surface area contributed by atoms with Gasteiger partial charge in [-0.25, -0.2) is 4.39 Å². The number of hydrogen-bond acceptors (Lipinski definition) is 3. The average Bonchev–Trinajstić information content (AvgIpc) is 2.32. The summed E-state index contributed by atoms with van der Waals surface area (Å²) in [6.07, 6.45) is 0.818. The summed E-state index contributed by atoms with van der Waals surface area (Å²) >= 11 is 0. The van der Waals surface area contributed by atoms with E-state index in [0.717, 1.165) is 12.5 Å². The minimum atomic E-state index is -0.632. The van der Waals surface area contributed by atoms with E-state index >= 15 is 0 Å². The van der Waals surface area contributed by atoms with Gasteiger partial charge in [0.15, 0.2) is 0 Å². The van der Waals surface area contributed by atoms with E-state index < -0.39 is 11.7 Å². The third kappa shape index (κ3) is 4.21. The van der Waals surface area contributed by atoms with E-state index in [-0.39, 0.29) is 17.9 Å². The van der Waals surface area contributed by atoms with Crippen LogP contribution in [-0.2, 0) is 9.53 Å². The highest BCUT2D eigenvalue weighted by Crippen LogP contribution is 2.15. The quantitative estimate of drug-likeness (QED) is 0.796. The van der Waals surface area contributed by atoms with Gasteiger partial charge in [-0.2, -0.15) is 5.26 Å². The molecule has 4 nitrogen and oxygen atoms in total. The van der Waals surface area contributed by atoms with Crippen LogP contribution < -0.4 is 5.32 Å². The first kappa shape index (κ1) is 13.1. The molecular formula is C12H13FN2O2. The fourth-order valence-corrected chi connectivity index (χ4v) is 1.18. The number of anilines is 1. The predicted molar refractivity (Wildman–Crippen MR) is 60.9 cm³/mol. The molecule has 1 aromatic carbocycles. The molecule has 1 rings (SSSR count). The number of ether oxygens (including phenoxy) is 1. The van der Waals surface area contributed by atoms with Crippen LogP contribution in [0.3, 0.4) is 0 Å². The maximum Gasteiger partial charge on any atom is 0.250 e. The Bertz CT molecular complexity index is 441. The Morgan fingerprint density at radius 2 is 2.35 bits per heavy atom.